The molecule has 0 spiro atoms. The van der Waals surface area contributed by atoms with Crippen molar-refractivity contribution >= 4 is 17.8 Å². The van der Waals surface area contributed by atoms with Crippen molar-refractivity contribution in [2.24, 2.45) is 0 Å². The first-order chi connectivity index (χ1) is 9.60. The Morgan fingerprint density at radius 2 is 1.71 bits per heavy atom. The van der Waals surface area contributed by atoms with Crippen LogP contribution < -0.4 is 16.0 Å². The van der Waals surface area contributed by atoms with Crippen molar-refractivity contribution < 1.29 is 14.4 Å². The Morgan fingerprint density at radius 3 is 2.14 bits per heavy atom. The lowest BCUT2D eigenvalue weighted by molar-refractivity contribution is -0.128. The van der Waals surface area contributed by atoms with Gasteiger partial charge in [-0.3, -0.25) is 19.8 Å². The van der Waals surface area contributed by atoms with Crippen LogP contribution in [0, 0.1) is 0 Å². The molecular weight excluding hydrogens is 272 g/mol. The molecule has 0 aliphatic heterocycles. The minimum absolute atomic E-state index is 0.109. The van der Waals surface area contributed by atoms with Crippen molar-refractivity contribution in [3.63, 3.8) is 0 Å². The molecule has 3 N–H and O–H groups in total. The van der Waals surface area contributed by atoms with Crippen LogP contribution in [0.3, 0.4) is 0 Å². The predicted molar refractivity (Wildman–Crippen MR) is 81.8 cm³/mol. The summed E-state index contributed by atoms with van der Waals surface area (Å²) < 4.78 is 0. The first kappa shape index (κ1) is 19.4. The van der Waals surface area contributed by atoms with Crippen LogP contribution in [0.15, 0.2) is 0 Å². The van der Waals surface area contributed by atoms with E-state index in [9.17, 15) is 14.4 Å². The maximum Gasteiger partial charge on any atom is 0.321 e. The molecule has 0 rings (SSSR count). The average Bonchev–Trinajstić information content (AvgIpc) is 2.33. The molecule has 0 heterocycles. The lowest BCUT2D eigenvalue weighted by Gasteiger charge is -2.28. The smallest absolute Gasteiger partial charge is 0.321 e. The molecule has 0 aromatic carbocycles. The number of carbonyl (C=O) groups excluding carboxylic acids is 3. The molecule has 7 heteroatoms. The van der Waals surface area contributed by atoms with Gasteiger partial charge in [-0.2, -0.15) is 0 Å². The van der Waals surface area contributed by atoms with E-state index in [2.05, 4.69) is 16.0 Å². The molecule has 1 unspecified atom stereocenters. The van der Waals surface area contributed by atoms with Crippen molar-refractivity contribution in [1.82, 2.24) is 20.9 Å². The number of nitrogens with zero attached hydrogens (tertiary/aromatic N) is 1. The molecule has 0 fully saturated rings. The summed E-state index contributed by atoms with van der Waals surface area (Å²) in [6, 6.07) is -1.09. The van der Waals surface area contributed by atoms with Crippen molar-refractivity contribution in [2.75, 3.05) is 19.6 Å². The van der Waals surface area contributed by atoms with Gasteiger partial charge in [0.25, 0.3) is 0 Å². The SMILES string of the molecule is CCNC(=O)NC(=O)C(C)N(CC)CC(=O)NC(C)(C)C. The first-order valence-electron chi connectivity index (χ1n) is 7.24. The minimum atomic E-state index is -0.566. The highest BCUT2D eigenvalue weighted by Gasteiger charge is 2.24. The first-order valence-corrected chi connectivity index (χ1v) is 7.24. The van der Waals surface area contributed by atoms with Gasteiger partial charge in [0.1, 0.15) is 0 Å². The Bertz CT molecular complexity index is 377. The van der Waals surface area contributed by atoms with Gasteiger partial charge in [0.05, 0.1) is 12.6 Å². The van der Waals surface area contributed by atoms with Gasteiger partial charge >= 0.3 is 6.03 Å². The Balaban J connectivity index is 4.54. The second-order valence-corrected chi connectivity index (χ2v) is 5.89. The second kappa shape index (κ2) is 8.61. The summed E-state index contributed by atoms with van der Waals surface area (Å²) in [6.45, 7) is 12.1. The highest BCUT2D eigenvalue weighted by atomic mass is 16.2. The molecule has 122 valence electrons. The van der Waals surface area contributed by atoms with Gasteiger partial charge in [-0.25, -0.2) is 4.79 Å². The third kappa shape index (κ3) is 8.29. The Morgan fingerprint density at radius 1 is 1.14 bits per heavy atom. The van der Waals surface area contributed by atoms with Crippen LogP contribution in [-0.2, 0) is 9.59 Å². The van der Waals surface area contributed by atoms with Crippen LogP contribution in [0.25, 0.3) is 0 Å². The van der Waals surface area contributed by atoms with E-state index in [4.69, 9.17) is 0 Å². The quantitative estimate of drug-likeness (QED) is 0.664. The van der Waals surface area contributed by atoms with Crippen molar-refractivity contribution in [2.45, 2.75) is 53.1 Å². The fourth-order valence-corrected chi connectivity index (χ4v) is 1.75. The van der Waals surface area contributed by atoms with E-state index >= 15 is 0 Å². The number of likely N-dealkylation sites (N-methyl/N-ethyl adjacent to an activating group) is 1. The molecule has 1 atom stereocenters. The van der Waals surface area contributed by atoms with Crippen LogP contribution in [0.2, 0.25) is 0 Å². The number of carbonyl (C=O) groups is 3. The molecule has 7 nitrogen and oxygen atoms in total. The zero-order valence-corrected chi connectivity index (χ0v) is 13.9. The topological polar surface area (TPSA) is 90.5 Å². The van der Waals surface area contributed by atoms with Crippen LogP contribution >= 0.6 is 0 Å². The summed E-state index contributed by atoms with van der Waals surface area (Å²) in [5.74, 6) is -0.576. The number of rotatable bonds is 6. The van der Waals surface area contributed by atoms with Gasteiger partial charge < -0.3 is 10.6 Å². The van der Waals surface area contributed by atoms with Crippen molar-refractivity contribution in [3.05, 3.63) is 0 Å². The number of hydrogen-bond acceptors (Lipinski definition) is 4. The predicted octanol–water partition coefficient (Wildman–Crippen LogP) is 0.457. The molecule has 0 saturated heterocycles. The standard InChI is InChI=1S/C14H28N4O3/c1-7-15-13(21)16-12(20)10(3)18(8-2)9-11(19)17-14(4,5)6/h10H,7-9H2,1-6H3,(H,17,19)(H2,15,16,20,21). The fourth-order valence-electron chi connectivity index (χ4n) is 1.75. The molecule has 21 heavy (non-hydrogen) atoms. The van der Waals surface area contributed by atoms with E-state index in [-0.39, 0.29) is 18.0 Å². The summed E-state index contributed by atoms with van der Waals surface area (Å²) in [7, 11) is 0. The summed E-state index contributed by atoms with van der Waals surface area (Å²) in [6.07, 6.45) is 0. The monoisotopic (exact) mass is 300 g/mol. The van der Waals surface area contributed by atoms with Crippen LogP contribution in [0.1, 0.15) is 41.5 Å². The van der Waals surface area contributed by atoms with Gasteiger partial charge in [-0.15, -0.1) is 0 Å². The minimum Gasteiger partial charge on any atom is -0.350 e. The fraction of sp³-hybridized carbons (Fsp3) is 0.786. The van der Waals surface area contributed by atoms with Gasteiger partial charge in [-0.1, -0.05) is 6.92 Å². The maximum absolute atomic E-state index is 12.0. The molecule has 0 saturated carbocycles. The largest absolute Gasteiger partial charge is 0.350 e. The maximum atomic E-state index is 12.0. The summed E-state index contributed by atoms with van der Waals surface area (Å²) in [4.78, 5) is 36.9. The van der Waals surface area contributed by atoms with Gasteiger partial charge in [0.15, 0.2) is 0 Å². The zero-order valence-electron chi connectivity index (χ0n) is 13.9. The number of nitrogens with one attached hydrogen (secondary N) is 3. The van der Waals surface area contributed by atoms with Crippen molar-refractivity contribution in [1.29, 1.82) is 0 Å². The lowest BCUT2D eigenvalue weighted by Crippen LogP contribution is -2.53. The molecular formula is C14H28N4O3. The Kier molecular flexibility index (Phi) is 7.94. The van der Waals surface area contributed by atoms with Crippen LogP contribution in [-0.4, -0.2) is 54.0 Å². The number of hydrogen-bond donors (Lipinski definition) is 3. The summed E-state index contributed by atoms with van der Waals surface area (Å²) in [5, 5.41) is 7.59. The molecule has 0 radical (unpaired) electrons. The second-order valence-electron chi connectivity index (χ2n) is 5.89. The highest BCUT2D eigenvalue weighted by Crippen LogP contribution is 2.02. The van der Waals surface area contributed by atoms with Gasteiger partial charge in [0.2, 0.25) is 11.8 Å². The van der Waals surface area contributed by atoms with E-state index in [0.717, 1.165) is 0 Å². The average molecular weight is 300 g/mol. The van der Waals surface area contributed by atoms with E-state index in [1.807, 2.05) is 27.7 Å². The molecule has 0 aromatic heterocycles. The number of amides is 4. The van der Waals surface area contributed by atoms with E-state index in [1.54, 1.807) is 18.7 Å². The van der Waals surface area contributed by atoms with E-state index in [0.29, 0.717) is 13.1 Å². The highest BCUT2D eigenvalue weighted by molar-refractivity contribution is 5.97. The lowest BCUT2D eigenvalue weighted by atomic mass is 10.1. The third-order valence-electron chi connectivity index (χ3n) is 2.77. The summed E-state index contributed by atoms with van der Waals surface area (Å²) >= 11 is 0. The van der Waals surface area contributed by atoms with E-state index < -0.39 is 18.0 Å². The van der Waals surface area contributed by atoms with Gasteiger partial charge in [-0.05, 0) is 41.2 Å². The van der Waals surface area contributed by atoms with Gasteiger partial charge in [0, 0.05) is 12.1 Å². The van der Waals surface area contributed by atoms with Crippen LogP contribution in [0.4, 0.5) is 4.79 Å². The molecule has 0 aliphatic carbocycles. The zero-order chi connectivity index (χ0) is 16.6. The van der Waals surface area contributed by atoms with Crippen LogP contribution in [0.5, 0.6) is 0 Å². The van der Waals surface area contributed by atoms with Crippen molar-refractivity contribution in [3.8, 4) is 0 Å². The molecule has 0 aliphatic rings. The third-order valence-corrected chi connectivity index (χ3v) is 2.77. The van der Waals surface area contributed by atoms with E-state index in [1.165, 1.54) is 0 Å². The summed E-state index contributed by atoms with van der Waals surface area (Å²) in [5.41, 5.74) is -0.316. The molecule has 0 bridgehead atoms. The Hall–Kier alpha value is -1.63. The normalized spacial score (nSPS) is 12.7. The Labute approximate surface area is 126 Å². The molecule has 4 amide bonds. The number of urea groups is 1. The molecule has 0 aromatic rings. The number of imide groups is 1.